The van der Waals surface area contributed by atoms with Crippen LogP contribution in [0.1, 0.15) is 21.7 Å². The molecule has 0 radical (unpaired) electrons. The van der Waals surface area contributed by atoms with Crippen molar-refractivity contribution in [1.29, 1.82) is 0 Å². The molecule has 1 aliphatic heterocycles. The molecule has 1 fully saturated rings. The second-order valence-electron chi connectivity index (χ2n) is 7.82. The van der Waals surface area contributed by atoms with E-state index in [1.54, 1.807) is 0 Å². The summed E-state index contributed by atoms with van der Waals surface area (Å²) in [6.45, 7) is -0.908. The van der Waals surface area contributed by atoms with Crippen LogP contribution >= 0.6 is 22.9 Å². The van der Waals surface area contributed by atoms with Crippen LogP contribution < -0.4 is 15.5 Å². The van der Waals surface area contributed by atoms with E-state index in [9.17, 15) is 31.9 Å². The number of hydrogen-bond donors (Lipinski definition) is 2. The minimum atomic E-state index is -3.00. The highest BCUT2D eigenvalue weighted by Crippen LogP contribution is 2.32. The van der Waals surface area contributed by atoms with Gasteiger partial charge in [0.1, 0.15) is 12.6 Å². The molecule has 0 unspecified atom stereocenters. The first-order chi connectivity index (χ1) is 17.1. The number of ether oxygens (including phenoxy) is 1. The van der Waals surface area contributed by atoms with Crippen LogP contribution in [0.3, 0.4) is 0 Å². The van der Waals surface area contributed by atoms with Crippen molar-refractivity contribution in [3.8, 4) is 0 Å². The van der Waals surface area contributed by atoms with Gasteiger partial charge in [0.15, 0.2) is 0 Å². The number of morpholine rings is 1. The topological polar surface area (TPSA) is 91.0 Å². The Balaban J connectivity index is 1.79. The molecule has 2 heterocycles. The van der Waals surface area contributed by atoms with E-state index in [0.29, 0.717) is 4.34 Å². The van der Waals surface area contributed by atoms with E-state index in [-0.39, 0.29) is 42.6 Å². The van der Waals surface area contributed by atoms with Gasteiger partial charge in [-0.15, -0.1) is 11.3 Å². The van der Waals surface area contributed by atoms with Crippen LogP contribution in [0.25, 0.3) is 0 Å². The Kier molecular flexibility index (Phi) is 9.65. The zero-order valence-corrected chi connectivity index (χ0v) is 20.6. The molecule has 1 atom stereocenters. The molecule has 2 N–H and O–H groups in total. The number of likely N-dealkylation sites (N-methyl/N-ethyl adjacent to an activating group) is 1. The van der Waals surface area contributed by atoms with Gasteiger partial charge in [-0.3, -0.25) is 19.3 Å². The first kappa shape index (κ1) is 27.8. The third-order valence-corrected chi connectivity index (χ3v) is 6.57. The number of hydrogen-bond acceptors (Lipinski definition) is 6. The van der Waals surface area contributed by atoms with Gasteiger partial charge >= 0.3 is 0 Å². The largest absolute Gasteiger partial charge is 0.370 e. The fraction of sp³-hybridized carbons (Fsp3) is 0.409. The number of carbonyl (C=O) groups excluding carboxylic acids is 3. The summed E-state index contributed by atoms with van der Waals surface area (Å²) in [5.74, 6) is -1.84. The SMILES string of the molecule is CN(CC(F)F)[C@H](CNC(=O)c1ccc(Cl)s1)C(=O)Nc1ccc(N2CCOCC2=O)cc1C(F)F. The highest BCUT2D eigenvalue weighted by Gasteiger charge is 2.29. The van der Waals surface area contributed by atoms with Gasteiger partial charge in [0, 0.05) is 30.0 Å². The summed E-state index contributed by atoms with van der Waals surface area (Å²) >= 11 is 6.81. The third kappa shape index (κ3) is 7.15. The van der Waals surface area contributed by atoms with Crippen molar-refractivity contribution in [2.24, 2.45) is 0 Å². The highest BCUT2D eigenvalue weighted by atomic mass is 35.5. The lowest BCUT2D eigenvalue weighted by Gasteiger charge is -2.29. The van der Waals surface area contributed by atoms with Crippen molar-refractivity contribution in [1.82, 2.24) is 10.2 Å². The fourth-order valence-electron chi connectivity index (χ4n) is 3.53. The Bertz CT molecular complexity index is 1100. The van der Waals surface area contributed by atoms with E-state index in [1.165, 1.54) is 36.2 Å². The molecule has 2 aromatic rings. The number of carbonyl (C=O) groups is 3. The maximum absolute atomic E-state index is 13.8. The standard InChI is InChI=1S/C22H23ClF4N4O4S/c1-30(10-18(24)25)15(9-28-22(34)16-4-5-17(23)36-16)21(33)29-14-3-2-12(8-13(14)20(26)27)31-6-7-35-11-19(31)32/h2-5,8,15,18,20H,6-7,9-11H2,1H3,(H,28,34)(H,29,33)/t15-/m1/s1. The van der Waals surface area contributed by atoms with Gasteiger partial charge in [-0.2, -0.15) is 0 Å². The van der Waals surface area contributed by atoms with Gasteiger partial charge in [0.05, 0.1) is 22.4 Å². The van der Waals surface area contributed by atoms with Crippen molar-refractivity contribution < 1.29 is 36.7 Å². The molecule has 3 amide bonds. The number of benzene rings is 1. The van der Waals surface area contributed by atoms with Gasteiger partial charge in [0.25, 0.3) is 24.7 Å². The second-order valence-corrected chi connectivity index (χ2v) is 9.53. The summed E-state index contributed by atoms with van der Waals surface area (Å²) in [4.78, 5) is 40.0. The molecule has 3 rings (SSSR count). The lowest BCUT2D eigenvalue weighted by molar-refractivity contribution is -0.125. The molecule has 0 spiro atoms. The number of rotatable bonds is 10. The number of thiophene rings is 1. The summed E-state index contributed by atoms with van der Waals surface area (Å²) in [7, 11) is 1.26. The number of amides is 3. The maximum Gasteiger partial charge on any atom is 0.265 e. The van der Waals surface area contributed by atoms with Crippen molar-refractivity contribution in [3.63, 3.8) is 0 Å². The van der Waals surface area contributed by atoms with E-state index in [2.05, 4.69) is 10.6 Å². The fourth-order valence-corrected chi connectivity index (χ4v) is 4.49. The monoisotopic (exact) mass is 550 g/mol. The predicted molar refractivity (Wildman–Crippen MR) is 127 cm³/mol. The average Bonchev–Trinajstić information content (AvgIpc) is 3.25. The van der Waals surface area contributed by atoms with Gasteiger partial charge < -0.3 is 20.3 Å². The number of alkyl halides is 4. The van der Waals surface area contributed by atoms with Crippen LogP contribution in [0.2, 0.25) is 4.34 Å². The third-order valence-electron chi connectivity index (χ3n) is 5.34. The molecule has 196 valence electrons. The van der Waals surface area contributed by atoms with Gasteiger partial charge in [0.2, 0.25) is 5.91 Å². The molecule has 0 saturated carbocycles. The van der Waals surface area contributed by atoms with E-state index in [4.69, 9.17) is 16.3 Å². The zero-order chi connectivity index (χ0) is 26.4. The molecule has 14 heteroatoms. The van der Waals surface area contributed by atoms with Crippen molar-refractivity contribution in [2.75, 3.05) is 50.1 Å². The molecule has 0 aliphatic carbocycles. The quantitative estimate of drug-likeness (QED) is 0.441. The molecule has 8 nitrogen and oxygen atoms in total. The molecule has 1 aliphatic rings. The summed E-state index contributed by atoms with van der Waals surface area (Å²) < 4.78 is 59.1. The summed E-state index contributed by atoms with van der Waals surface area (Å²) in [6, 6.07) is 5.37. The van der Waals surface area contributed by atoms with E-state index < -0.39 is 48.7 Å². The minimum Gasteiger partial charge on any atom is -0.370 e. The normalized spacial score (nSPS) is 15.0. The summed E-state index contributed by atoms with van der Waals surface area (Å²) in [6.07, 6.45) is -5.78. The van der Waals surface area contributed by atoms with Crippen molar-refractivity contribution in [2.45, 2.75) is 18.9 Å². The molecule has 36 heavy (non-hydrogen) atoms. The number of nitrogens with zero attached hydrogens (tertiary/aromatic N) is 2. The second kappa shape index (κ2) is 12.5. The highest BCUT2D eigenvalue weighted by molar-refractivity contribution is 7.18. The van der Waals surface area contributed by atoms with E-state index >= 15 is 0 Å². The Labute approximate surface area is 213 Å². The average molecular weight is 551 g/mol. The number of anilines is 2. The molecule has 1 saturated heterocycles. The van der Waals surface area contributed by atoms with E-state index in [0.717, 1.165) is 22.3 Å². The van der Waals surface area contributed by atoms with Crippen LogP contribution in [0.15, 0.2) is 30.3 Å². The van der Waals surface area contributed by atoms with E-state index in [1.807, 2.05) is 0 Å². The van der Waals surface area contributed by atoms with Crippen LogP contribution in [-0.4, -0.2) is 75.0 Å². The van der Waals surface area contributed by atoms with Crippen molar-refractivity contribution in [3.05, 3.63) is 45.1 Å². The lowest BCUT2D eigenvalue weighted by atomic mass is 10.1. The van der Waals surface area contributed by atoms with Crippen LogP contribution in [0.4, 0.5) is 28.9 Å². The Morgan fingerprint density at radius 3 is 2.58 bits per heavy atom. The molecular weight excluding hydrogens is 528 g/mol. The number of halogens is 5. The van der Waals surface area contributed by atoms with Gasteiger partial charge in [-0.1, -0.05) is 11.6 Å². The van der Waals surface area contributed by atoms with Gasteiger partial charge in [-0.25, -0.2) is 17.6 Å². The molecule has 0 bridgehead atoms. The molecule has 1 aromatic heterocycles. The Hall–Kier alpha value is -2.74. The molecule has 1 aromatic carbocycles. The van der Waals surface area contributed by atoms with Crippen LogP contribution in [-0.2, 0) is 14.3 Å². The first-order valence-electron chi connectivity index (χ1n) is 10.7. The number of nitrogens with one attached hydrogen (secondary N) is 2. The zero-order valence-electron chi connectivity index (χ0n) is 19.0. The van der Waals surface area contributed by atoms with Crippen molar-refractivity contribution >= 4 is 52.0 Å². The lowest BCUT2D eigenvalue weighted by Crippen LogP contribution is -2.50. The predicted octanol–water partition coefficient (Wildman–Crippen LogP) is 3.64. The minimum absolute atomic E-state index is 0.177. The first-order valence-corrected chi connectivity index (χ1v) is 11.9. The maximum atomic E-state index is 13.8. The summed E-state index contributed by atoms with van der Waals surface area (Å²) in [5.41, 5.74) is -0.580. The Morgan fingerprint density at radius 2 is 1.97 bits per heavy atom. The molecular formula is C22H23ClF4N4O4S. The van der Waals surface area contributed by atoms with Crippen LogP contribution in [0, 0.1) is 0 Å². The Morgan fingerprint density at radius 1 is 1.22 bits per heavy atom. The van der Waals surface area contributed by atoms with Gasteiger partial charge in [-0.05, 0) is 37.4 Å². The van der Waals surface area contributed by atoms with Crippen LogP contribution in [0.5, 0.6) is 0 Å². The summed E-state index contributed by atoms with van der Waals surface area (Å²) in [5, 5.41) is 4.84. The smallest absolute Gasteiger partial charge is 0.265 e.